The van der Waals surface area contributed by atoms with E-state index in [9.17, 15) is 13.2 Å². The molecule has 0 bridgehead atoms. The molecule has 0 radical (unpaired) electrons. The second-order valence-electron chi connectivity index (χ2n) is 5.81. The van der Waals surface area contributed by atoms with Crippen LogP contribution in [0.5, 0.6) is 5.88 Å². The topological polar surface area (TPSA) is 110 Å². The van der Waals surface area contributed by atoms with Crippen LogP contribution < -0.4 is 14.8 Å². The number of carbonyl (C=O) groups excluding carboxylic acids is 1. The number of nitrogens with one attached hydrogen (secondary N) is 2. The predicted octanol–water partition coefficient (Wildman–Crippen LogP) is 2.85. The largest absolute Gasteiger partial charge is 0.478 e. The number of hydrogen-bond acceptors (Lipinski definition) is 6. The Labute approximate surface area is 162 Å². The number of methoxy groups -OCH3 is 1. The number of hydrogen-bond donors (Lipinski definition) is 2. The molecule has 1 amide bonds. The maximum Gasteiger partial charge on any atom is 0.263 e. The number of amides is 1. The van der Waals surface area contributed by atoms with Gasteiger partial charge in [0.1, 0.15) is 0 Å². The SMILES string of the molecule is COc1nccnc1NS(=O)(=O)c1ccc(NC(=O)c2ccccc2C)cc1. The maximum absolute atomic E-state index is 12.5. The summed E-state index contributed by atoms with van der Waals surface area (Å²) in [5.74, 6) is -0.216. The van der Waals surface area contributed by atoms with Gasteiger partial charge in [0.05, 0.1) is 12.0 Å². The number of benzene rings is 2. The van der Waals surface area contributed by atoms with Crippen LogP contribution in [0.15, 0.2) is 65.8 Å². The molecule has 2 aromatic carbocycles. The Morgan fingerprint density at radius 1 is 1.00 bits per heavy atom. The second-order valence-corrected chi connectivity index (χ2v) is 7.50. The number of carbonyl (C=O) groups is 1. The van der Waals surface area contributed by atoms with Crippen LogP contribution in [0.25, 0.3) is 0 Å². The number of nitrogens with zero attached hydrogens (tertiary/aromatic N) is 2. The van der Waals surface area contributed by atoms with E-state index in [-0.39, 0.29) is 22.5 Å². The van der Waals surface area contributed by atoms with Gasteiger partial charge < -0.3 is 10.1 Å². The van der Waals surface area contributed by atoms with Crippen LogP contribution in [0.3, 0.4) is 0 Å². The third kappa shape index (κ3) is 4.26. The van der Waals surface area contributed by atoms with Crippen molar-refractivity contribution in [2.45, 2.75) is 11.8 Å². The Hall–Kier alpha value is -3.46. The molecular weight excluding hydrogens is 380 g/mol. The van der Waals surface area contributed by atoms with Gasteiger partial charge in [0.2, 0.25) is 5.82 Å². The van der Waals surface area contributed by atoms with E-state index < -0.39 is 10.0 Å². The number of rotatable bonds is 6. The lowest BCUT2D eigenvalue weighted by Gasteiger charge is -2.11. The highest BCUT2D eigenvalue weighted by atomic mass is 32.2. The molecule has 2 N–H and O–H groups in total. The second kappa shape index (κ2) is 8.05. The molecule has 8 nitrogen and oxygen atoms in total. The van der Waals surface area contributed by atoms with Crippen LogP contribution in [0.1, 0.15) is 15.9 Å². The number of aryl methyl sites for hydroxylation is 1. The van der Waals surface area contributed by atoms with E-state index in [0.29, 0.717) is 11.3 Å². The van der Waals surface area contributed by atoms with Gasteiger partial charge in [-0.15, -0.1) is 0 Å². The third-order valence-corrected chi connectivity index (χ3v) is 5.26. The highest BCUT2D eigenvalue weighted by Gasteiger charge is 2.18. The van der Waals surface area contributed by atoms with Crippen LogP contribution in [0.2, 0.25) is 0 Å². The molecule has 0 saturated heterocycles. The number of anilines is 2. The fourth-order valence-corrected chi connectivity index (χ4v) is 3.48. The first-order chi connectivity index (χ1) is 13.4. The molecule has 1 heterocycles. The number of ether oxygens (including phenoxy) is 1. The van der Waals surface area contributed by atoms with E-state index in [2.05, 4.69) is 20.0 Å². The fourth-order valence-electron chi connectivity index (χ4n) is 2.47. The van der Waals surface area contributed by atoms with Gasteiger partial charge in [-0.3, -0.25) is 9.52 Å². The zero-order chi connectivity index (χ0) is 20.1. The summed E-state index contributed by atoms with van der Waals surface area (Å²) in [6, 6.07) is 13.0. The lowest BCUT2D eigenvalue weighted by Crippen LogP contribution is -2.16. The molecule has 3 rings (SSSR count). The van der Waals surface area contributed by atoms with Crippen molar-refractivity contribution in [3.8, 4) is 5.88 Å². The summed E-state index contributed by atoms with van der Waals surface area (Å²) in [5.41, 5.74) is 1.88. The molecule has 0 fully saturated rings. The predicted molar refractivity (Wildman–Crippen MR) is 105 cm³/mol. The van der Waals surface area contributed by atoms with Crippen LogP contribution in [-0.2, 0) is 10.0 Å². The first-order valence-corrected chi connectivity index (χ1v) is 9.74. The number of sulfonamides is 1. The molecule has 0 unspecified atom stereocenters. The van der Waals surface area contributed by atoms with Gasteiger partial charge in [-0.05, 0) is 42.8 Å². The lowest BCUT2D eigenvalue weighted by molar-refractivity contribution is 0.102. The summed E-state index contributed by atoms with van der Waals surface area (Å²) >= 11 is 0. The van der Waals surface area contributed by atoms with Crippen molar-refractivity contribution in [3.63, 3.8) is 0 Å². The van der Waals surface area contributed by atoms with Crippen molar-refractivity contribution in [3.05, 3.63) is 72.1 Å². The van der Waals surface area contributed by atoms with E-state index in [1.165, 1.54) is 43.8 Å². The van der Waals surface area contributed by atoms with Crippen LogP contribution in [0.4, 0.5) is 11.5 Å². The highest BCUT2D eigenvalue weighted by molar-refractivity contribution is 7.92. The lowest BCUT2D eigenvalue weighted by atomic mass is 10.1. The molecule has 1 aromatic heterocycles. The van der Waals surface area contributed by atoms with Gasteiger partial charge in [-0.1, -0.05) is 18.2 Å². The summed E-state index contributed by atoms with van der Waals surface area (Å²) in [4.78, 5) is 20.2. The average molecular weight is 398 g/mol. The van der Waals surface area contributed by atoms with Crippen molar-refractivity contribution in [2.24, 2.45) is 0 Å². The van der Waals surface area contributed by atoms with Crippen molar-refractivity contribution in [1.82, 2.24) is 9.97 Å². The molecule has 3 aromatic rings. The van der Waals surface area contributed by atoms with Gasteiger partial charge >= 0.3 is 0 Å². The van der Waals surface area contributed by atoms with E-state index in [1.54, 1.807) is 12.1 Å². The molecule has 0 saturated carbocycles. The maximum atomic E-state index is 12.5. The molecular formula is C19H18N4O4S. The molecule has 144 valence electrons. The van der Waals surface area contributed by atoms with Gasteiger partial charge in [-0.2, -0.15) is 0 Å². The van der Waals surface area contributed by atoms with E-state index >= 15 is 0 Å². The Bertz CT molecular complexity index is 1100. The minimum absolute atomic E-state index is 0.00842. The fraction of sp³-hybridized carbons (Fsp3) is 0.105. The van der Waals surface area contributed by atoms with Gasteiger partial charge in [0.25, 0.3) is 21.8 Å². The molecule has 0 aliphatic carbocycles. The quantitative estimate of drug-likeness (QED) is 0.661. The van der Waals surface area contributed by atoms with Crippen molar-refractivity contribution >= 4 is 27.4 Å². The van der Waals surface area contributed by atoms with Crippen molar-refractivity contribution < 1.29 is 17.9 Å². The van der Waals surface area contributed by atoms with E-state index in [4.69, 9.17) is 4.74 Å². The Kier molecular flexibility index (Phi) is 5.55. The molecule has 0 atom stereocenters. The molecule has 9 heteroatoms. The van der Waals surface area contributed by atoms with E-state index in [1.807, 2.05) is 19.1 Å². The minimum Gasteiger partial charge on any atom is -0.478 e. The Balaban J connectivity index is 1.76. The Morgan fingerprint density at radius 2 is 1.68 bits per heavy atom. The molecule has 0 aliphatic rings. The zero-order valence-corrected chi connectivity index (χ0v) is 16.0. The van der Waals surface area contributed by atoms with Gasteiger partial charge in [0, 0.05) is 23.6 Å². The minimum atomic E-state index is -3.90. The zero-order valence-electron chi connectivity index (χ0n) is 15.2. The normalized spacial score (nSPS) is 10.9. The molecule has 0 aliphatic heterocycles. The van der Waals surface area contributed by atoms with Crippen LogP contribution in [0, 0.1) is 6.92 Å². The molecule has 0 spiro atoms. The van der Waals surface area contributed by atoms with Crippen molar-refractivity contribution in [1.29, 1.82) is 0 Å². The van der Waals surface area contributed by atoms with Gasteiger partial charge in [0.15, 0.2) is 0 Å². The third-order valence-electron chi connectivity index (χ3n) is 3.90. The summed E-state index contributed by atoms with van der Waals surface area (Å²) in [7, 11) is -2.53. The monoisotopic (exact) mass is 398 g/mol. The van der Waals surface area contributed by atoms with Crippen LogP contribution in [-0.4, -0.2) is 31.4 Å². The van der Waals surface area contributed by atoms with Crippen molar-refractivity contribution in [2.75, 3.05) is 17.1 Å². The smallest absolute Gasteiger partial charge is 0.263 e. The van der Waals surface area contributed by atoms with Gasteiger partial charge in [-0.25, -0.2) is 18.4 Å². The van der Waals surface area contributed by atoms with Crippen LogP contribution >= 0.6 is 0 Å². The summed E-state index contributed by atoms with van der Waals surface area (Å²) < 4.78 is 32.4. The highest BCUT2D eigenvalue weighted by Crippen LogP contribution is 2.22. The first-order valence-electron chi connectivity index (χ1n) is 8.25. The summed E-state index contributed by atoms with van der Waals surface area (Å²) in [6.07, 6.45) is 2.74. The summed E-state index contributed by atoms with van der Waals surface area (Å²) in [5, 5.41) is 2.75. The first kappa shape index (κ1) is 19.3. The standard InChI is InChI=1S/C19H18N4O4S/c1-13-5-3-4-6-16(13)18(24)22-14-7-9-15(10-8-14)28(25,26)23-17-19(27-2)21-12-11-20-17/h3-12H,1-2H3,(H,20,23)(H,22,24). The Morgan fingerprint density at radius 3 is 2.36 bits per heavy atom. The van der Waals surface area contributed by atoms with E-state index in [0.717, 1.165) is 5.56 Å². The molecule has 28 heavy (non-hydrogen) atoms. The summed E-state index contributed by atoms with van der Waals surface area (Å²) in [6.45, 7) is 1.84. The number of aromatic nitrogens is 2. The average Bonchev–Trinajstić information content (AvgIpc) is 2.69.